The van der Waals surface area contributed by atoms with Gasteiger partial charge < -0.3 is 9.47 Å². The van der Waals surface area contributed by atoms with Gasteiger partial charge in [0.2, 0.25) is 11.5 Å². The molecule has 0 aliphatic carbocycles. The van der Waals surface area contributed by atoms with Crippen molar-refractivity contribution in [2.45, 2.75) is 0 Å². The first-order valence-corrected chi connectivity index (χ1v) is 5.24. The first-order chi connectivity index (χ1) is 7.60. The minimum Gasteiger partial charge on any atom is -0.480 e. The normalized spacial score (nSPS) is 10.8. The molecule has 0 spiro atoms. The highest BCUT2D eigenvalue weighted by molar-refractivity contribution is 6.41. The Labute approximate surface area is 106 Å². The summed E-state index contributed by atoms with van der Waals surface area (Å²) >= 11 is 17.7. The molecule has 86 valence electrons. The number of aromatic nitrogens is 3. The number of halogens is 3. The molecule has 0 saturated carbocycles. The number of imidazole rings is 1. The molecule has 0 bridgehead atoms. The SMILES string of the molecule is COc1nc(Cl)c(OC)n2c(Cl)c(Cl)nc12. The van der Waals surface area contributed by atoms with Gasteiger partial charge in [0.05, 0.1) is 14.2 Å². The van der Waals surface area contributed by atoms with Crippen LogP contribution in [-0.2, 0) is 0 Å². The van der Waals surface area contributed by atoms with Gasteiger partial charge in [0.1, 0.15) is 0 Å². The Morgan fingerprint density at radius 2 is 1.69 bits per heavy atom. The van der Waals surface area contributed by atoms with Gasteiger partial charge in [-0.15, -0.1) is 0 Å². The Morgan fingerprint density at radius 3 is 2.25 bits per heavy atom. The second kappa shape index (κ2) is 4.16. The van der Waals surface area contributed by atoms with Gasteiger partial charge in [-0.1, -0.05) is 34.8 Å². The molecule has 2 aromatic rings. The molecule has 0 radical (unpaired) electrons. The largest absolute Gasteiger partial charge is 0.480 e. The Morgan fingerprint density at radius 1 is 1.00 bits per heavy atom. The van der Waals surface area contributed by atoms with E-state index >= 15 is 0 Å². The van der Waals surface area contributed by atoms with Gasteiger partial charge in [-0.3, -0.25) is 0 Å². The maximum atomic E-state index is 5.97. The molecule has 0 N–H and O–H groups in total. The number of hydrogen-bond acceptors (Lipinski definition) is 4. The van der Waals surface area contributed by atoms with Crippen molar-refractivity contribution in [3.05, 3.63) is 15.5 Å². The predicted octanol–water partition coefficient (Wildman–Crippen LogP) is 2.71. The van der Waals surface area contributed by atoms with Crippen molar-refractivity contribution >= 4 is 40.4 Å². The number of ether oxygens (including phenoxy) is 2. The molecule has 2 rings (SSSR count). The molecule has 2 aromatic heterocycles. The lowest BCUT2D eigenvalue weighted by atomic mass is 10.6. The van der Waals surface area contributed by atoms with E-state index in [4.69, 9.17) is 44.3 Å². The first-order valence-electron chi connectivity index (χ1n) is 4.11. The molecular weight excluding hydrogens is 276 g/mol. The highest BCUT2D eigenvalue weighted by Crippen LogP contribution is 2.35. The number of fused-ring (bicyclic) bond motifs is 1. The lowest BCUT2D eigenvalue weighted by molar-refractivity contribution is 0.375. The van der Waals surface area contributed by atoms with Crippen LogP contribution in [0.3, 0.4) is 0 Å². The minimum absolute atomic E-state index is 0.114. The van der Waals surface area contributed by atoms with E-state index in [-0.39, 0.29) is 27.2 Å². The lowest BCUT2D eigenvalue weighted by Gasteiger charge is -2.08. The summed E-state index contributed by atoms with van der Waals surface area (Å²) in [5, 5.41) is 0.432. The number of rotatable bonds is 2. The van der Waals surface area contributed by atoms with Gasteiger partial charge in [0.25, 0.3) is 5.88 Å². The van der Waals surface area contributed by atoms with E-state index in [0.29, 0.717) is 5.65 Å². The Hall–Kier alpha value is -0.910. The molecule has 2 heterocycles. The van der Waals surface area contributed by atoms with Crippen LogP contribution < -0.4 is 9.47 Å². The van der Waals surface area contributed by atoms with Crippen molar-refractivity contribution in [1.82, 2.24) is 14.4 Å². The summed E-state index contributed by atoms with van der Waals surface area (Å²) in [7, 11) is 2.89. The van der Waals surface area contributed by atoms with E-state index in [1.54, 1.807) is 0 Å². The predicted molar refractivity (Wildman–Crippen MR) is 61.1 cm³/mol. The summed E-state index contributed by atoms with van der Waals surface area (Å²) in [6, 6.07) is 0. The van der Waals surface area contributed by atoms with Gasteiger partial charge in [0, 0.05) is 0 Å². The fourth-order valence-electron chi connectivity index (χ4n) is 1.29. The van der Waals surface area contributed by atoms with Crippen LogP contribution in [0.4, 0.5) is 0 Å². The molecule has 0 saturated heterocycles. The molecule has 8 heteroatoms. The van der Waals surface area contributed by atoms with Crippen LogP contribution in [0.25, 0.3) is 5.65 Å². The summed E-state index contributed by atoms with van der Waals surface area (Å²) in [6.45, 7) is 0. The van der Waals surface area contributed by atoms with Crippen LogP contribution in [0.5, 0.6) is 11.8 Å². The van der Waals surface area contributed by atoms with E-state index < -0.39 is 0 Å². The van der Waals surface area contributed by atoms with Crippen LogP contribution in [-0.4, -0.2) is 28.6 Å². The van der Waals surface area contributed by atoms with Crippen LogP contribution in [0, 0.1) is 0 Å². The monoisotopic (exact) mass is 281 g/mol. The van der Waals surface area contributed by atoms with Crippen molar-refractivity contribution in [1.29, 1.82) is 0 Å². The van der Waals surface area contributed by atoms with Crippen molar-refractivity contribution in [2.24, 2.45) is 0 Å². The van der Waals surface area contributed by atoms with E-state index in [0.717, 1.165) is 0 Å². The smallest absolute Gasteiger partial charge is 0.259 e. The maximum absolute atomic E-state index is 5.97. The van der Waals surface area contributed by atoms with E-state index in [1.165, 1.54) is 18.6 Å². The average molecular weight is 283 g/mol. The molecule has 0 amide bonds. The first kappa shape index (κ1) is 11.6. The third kappa shape index (κ3) is 1.55. The van der Waals surface area contributed by atoms with Crippen LogP contribution >= 0.6 is 34.8 Å². The second-order valence-corrected chi connectivity index (χ2v) is 3.85. The van der Waals surface area contributed by atoms with Gasteiger partial charge in [0.15, 0.2) is 15.5 Å². The maximum Gasteiger partial charge on any atom is 0.259 e. The summed E-state index contributed by atoms with van der Waals surface area (Å²) in [4.78, 5) is 7.97. The third-order valence-corrected chi connectivity index (χ3v) is 2.89. The molecule has 16 heavy (non-hydrogen) atoms. The zero-order chi connectivity index (χ0) is 11.9. The summed E-state index contributed by atoms with van der Waals surface area (Å²) < 4.78 is 11.5. The fraction of sp³-hybridized carbons (Fsp3) is 0.250. The highest BCUT2D eigenvalue weighted by Gasteiger charge is 2.20. The van der Waals surface area contributed by atoms with E-state index in [2.05, 4.69) is 9.97 Å². The second-order valence-electron chi connectivity index (χ2n) is 2.77. The van der Waals surface area contributed by atoms with Crippen molar-refractivity contribution in [3.63, 3.8) is 0 Å². The van der Waals surface area contributed by atoms with Crippen molar-refractivity contribution in [3.8, 4) is 11.8 Å². The Balaban J connectivity index is 2.94. The van der Waals surface area contributed by atoms with Crippen molar-refractivity contribution < 1.29 is 9.47 Å². The van der Waals surface area contributed by atoms with Crippen LogP contribution in [0.2, 0.25) is 15.5 Å². The fourth-order valence-corrected chi connectivity index (χ4v) is 1.90. The van der Waals surface area contributed by atoms with Gasteiger partial charge >= 0.3 is 0 Å². The van der Waals surface area contributed by atoms with Gasteiger partial charge in [-0.2, -0.15) is 4.98 Å². The lowest BCUT2D eigenvalue weighted by Crippen LogP contribution is -2.00. The number of methoxy groups -OCH3 is 2. The molecule has 0 aliphatic rings. The van der Waals surface area contributed by atoms with Crippen LogP contribution in [0.1, 0.15) is 0 Å². The molecule has 0 fully saturated rings. The molecule has 0 unspecified atom stereocenters. The summed E-state index contributed by atoms with van der Waals surface area (Å²) in [5.74, 6) is 0.474. The zero-order valence-electron chi connectivity index (χ0n) is 8.29. The van der Waals surface area contributed by atoms with Gasteiger partial charge in [-0.05, 0) is 0 Å². The number of hydrogen-bond donors (Lipinski definition) is 0. The Bertz CT molecular complexity index is 555. The molecule has 5 nitrogen and oxygen atoms in total. The molecule has 0 aromatic carbocycles. The zero-order valence-corrected chi connectivity index (χ0v) is 10.6. The number of nitrogens with zero attached hydrogens (tertiary/aromatic N) is 3. The standard InChI is InChI=1S/C8H6Cl3N3O2/c1-15-7-6-12-3(9)5(11)14(6)8(16-2)4(10)13-7/h1-2H3. The Kier molecular flexibility index (Phi) is 3.01. The highest BCUT2D eigenvalue weighted by atomic mass is 35.5. The topological polar surface area (TPSA) is 48.7 Å². The average Bonchev–Trinajstić information content (AvgIpc) is 2.56. The van der Waals surface area contributed by atoms with Crippen molar-refractivity contribution in [2.75, 3.05) is 14.2 Å². The van der Waals surface area contributed by atoms with Gasteiger partial charge in [-0.25, -0.2) is 9.38 Å². The summed E-state index contributed by atoms with van der Waals surface area (Å²) in [5.41, 5.74) is 0.346. The third-order valence-electron chi connectivity index (χ3n) is 1.94. The molecule has 0 aliphatic heterocycles. The van der Waals surface area contributed by atoms with Crippen LogP contribution in [0.15, 0.2) is 0 Å². The van der Waals surface area contributed by atoms with E-state index in [9.17, 15) is 0 Å². The minimum atomic E-state index is 0.114. The summed E-state index contributed by atoms with van der Waals surface area (Å²) in [6.07, 6.45) is 0. The quantitative estimate of drug-likeness (QED) is 0.850. The molecule has 0 atom stereocenters. The van der Waals surface area contributed by atoms with E-state index in [1.807, 2.05) is 0 Å². The molecular formula is C8H6Cl3N3O2.